The molecule has 0 amide bonds. The molecule has 1 saturated carbocycles. The lowest BCUT2D eigenvalue weighted by Gasteiger charge is -2.39. The largest absolute Gasteiger partial charge is 0.480 e. The van der Waals surface area contributed by atoms with Crippen molar-refractivity contribution in [3.63, 3.8) is 0 Å². The van der Waals surface area contributed by atoms with Gasteiger partial charge in [0, 0.05) is 6.04 Å². The van der Waals surface area contributed by atoms with Gasteiger partial charge in [-0.05, 0) is 36.2 Å². The van der Waals surface area contributed by atoms with E-state index in [2.05, 4.69) is 26.1 Å². The zero-order valence-electron chi connectivity index (χ0n) is 13.3. The van der Waals surface area contributed by atoms with E-state index in [4.69, 9.17) is 0 Å². The summed E-state index contributed by atoms with van der Waals surface area (Å²) in [6, 6.07) is 9.18. The van der Waals surface area contributed by atoms with Gasteiger partial charge < -0.3 is 5.11 Å². The summed E-state index contributed by atoms with van der Waals surface area (Å²) in [5.41, 5.74) is 0.839. The van der Waals surface area contributed by atoms with Crippen LogP contribution in [-0.4, -0.2) is 17.1 Å². The third-order valence-electron chi connectivity index (χ3n) is 4.78. The van der Waals surface area contributed by atoms with E-state index in [1.165, 1.54) is 12.8 Å². The Labute approximate surface area is 127 Å². The van der Waals surface area contributed by atoms with Crippen LogP contribution in [0.5, 0.6) is 0 Å². The molecular formula is C18H27NO2. The normalized spacial score (nSPS) is 27.5. The molecule has 116 valence electrons. The van der Waals surface area contributed by atoms with E-state index in [0.717, 1.165) is 12.0 Å². The summed E-state index contributed by atoms with van der Waals surface area (Å²) in [4.78, 5) is 11.7. The first-order valence-corrected chi connectivity index (χ1v) is 8.02. The van der Waals surface area contributed by atoms with Crippen molar-refractivity contribution in [2.24, 2.45) is 17.8 Å². The molecule has 0 aliphatic heterocycles. The molecule has 1 fully saturated rings. The first-order chi connectivity index (χ1) is 9.99. The fourth-order valence-electron chi connectivity index (χ4n) is 3.56. The fraction of sp³-hybridized carbons (Fsp3) is 0.611. The number of hydrogen-bond acceptors (Lipinski definition) is 2. The van der Waals surface area contributed by atoms with E-state index >= 15 is 0 Å². The van der Waals surface area contributed by atoms with E-state index < -0.39 is 12.0 Å². The summed E-state index contributed by atoms with van der Waals surface area (Å²) in [6.45, 7) is 6.75. The smallest absolute Gasteiger partial charge is 0.325 e. The second kappa shape index (κ2) is 7.08. The Morgan fingerprint density at radius 2 is 1.90 bits per heavy atom. The van der Waals surface area contributed by atoms with Crippen LogP contribution in [0.3, 0.4) is 0 Å². The van der Waals surface area contributed by atoms with Gasteiger partial charge in [-0.25, -0.2) is 0 Å². The molecule has 0 spiro atoms. The van der Waals surface area contributed by atoms with Gasteiger partial charge in [0.05, 0.1) is 0 Å². The van der Waals surface area contributed by atoms with Gasteiger partial charge in [-0.3, -0.25) is 10.1 Å². The van der Waals surface area contributed by atoms with Crippen molar-refractivity contribution in [2.45, 2.75) is 52.1 Å². The molecule has 0 bridgehead atoms. The van der Waals surface area contributed by atoms with Gasteiger partial charge in [-0.1, -0.05) is 57.5 Å². The van der Waals surface area contributed by atoms with Gasteiger partial charge in [0.2, 0.25) is 0 Å². The average molecular weight is 289 g/mol. The Morgan fingerprint density at radius 1 is 1.24 bits per heavy atom. The predicted molar refractivity (Wildman–Crippen MR) is 85.1 cm³/mol. The van der Waals surface area contributed by atoms with Gasteiger partial charge in [-0.15, -0.1) is 0 Å². The Hall–Kier alpha value is -1.35. The maximum absolute atomic E-state index is 11.7. The van der Waals surface area contributed by atoms with Crippen LogP contribution < -0.4 is 5.32 Å². The molecule has 1 aromatic carbocycles. The van der Waals surface area contributed by atoms with E-state index in [1.807, 2.05) is 30.3 Å². The minimum atomic E-state index is -0.790. The van der Waals surface area contributed by atoms with Crippen molar-refractivity contribution >= 4 is 5.97 Å². The molecule has 3 nitrogen and oxygen atoms in total. The van der Waals surface area contributed by atoms with Crippen molar-refractivity contribution in [1.82, 2.24) is 5.32 Å². The van der Waals surface area contributed by atoms with Crippen molar-refractivity contribution in [3.05, 3.63) is 35.9 Å². The number of aliphatic carboxylic acids is 1. The van der Waals surface area contributed by atoms with Crippen LogP contribution in [0.2, 0.25) is 0 Å². The Balaban J connectivity index is 2.16. The molecule has 1 aromatic rings. The molecule has 0 radical (unpaired) electrons. The van der Waals surface area contributed by atoms with Gasteiger partial charge >= 0.3 is 5.97 Å². The molecule has 2 rings (SSSR count). The SMILES string of the molecule is CC1CCC(C(C)C)C(NC(C(=O)O)c2ccccc2)C1. The lowest BCUT2D eigenvalue weighted by Crippen LogP contribution is -2.46. The van der Waals surface area contributed by atoms with Crippen LogP contribution in [0.25, 0.3) is 0 Å². The summed E-state index contributed by atoms with van der Waals surface area (Å²) in [5, 5.41) is 13.0. The summed E-state index contributed by atoms with van der Waals surface area (Å²) in [7, 11) is 0. The van der Waals surface area contributed by atoms with Crippen molar-refractivity contribution in [3.8, 4) is 0 Å². The molecule has 2 N–H and O–H groups in total. The number of carboxylic acids is 1. The topological polar surface area (TPSA) is 49.3 Å². The number of nitrogens with one attached hydrogen (secondary N) is 1. The first-order valence-electron chi connectivity index (χ1n) is 8.02. The summed E-state index contributed by atoms with van der Waals surface area (Å²) in [6.07, 6.45) is 3.52. The summed E-state index contributed by atoms with van der Waals surface area (Å²) >= 11 is 0. The molecule has 1 aliphatic carbocycles. The third kappa shape index (κ3) is 4.07. The van der Waals surface area contributed by atoms with Crippen LogP contribution in [0, 0.1) is 17.8 Å². The number of carbonyl (C=O) groups is 1. The van der Waals surface area contributed by atoms with Crippen LogP contribution in [0.4, 0.5) is 0 Å². The lowest BCUT2D eigenvalue weighted by atomic mass is 9.73. The second-order valence-corrected chi connectivity index (χ2v) is 6.78. The molecule has 0 heterocycles. The van der Waals surface area contributed by atoms with Gasteiger partial charge in [0.25, 0.3) is 0 Å². The number of carboxylic acid groups (broad SMARTS) is 1. The van der Waals surface area contributed by atoms with E-state index in [0.29, 0.717) is 17.8 Å². The van der Waals surface area contributed by atoms with E-state index in [1.54, 1.807) is 0 Å². The second-order valence-electron chi connectivity index (χ2n) is 6.78. The fourth-order valence-corrected chi connectivity index (χ4v) is 3.56. The lowest BCUT2D eigenvalue weighted by molar-refractivity contribution is -0.140. The quantitative estimate of drug-likeness (QED) is 0.865. The number of rotatable bonds is 5. The first kappa shape index (κ1) is 16.0. The highest BCUT2D eigenvalue weighted by Crippen LogP contribution is 2.34. The van der Waals surface area contributed by atoms with Crippen LogP contribution in [0.1, 0.15) is 51.6 Å². The summed E-state index contributed by atoms with van der Waals surface area (Å²) in [5.74, 6) is 1.02. The number of hydrogen-bond donors (Lipinski definition) is 2. The highest BCUT2D eigenvalue weighted by Gasteiger charge is 2.33. The van der Waals surface area contributed by atoms with E-state index in [-0.39, 0.29) is 6.04 Å². The molecule has 21 heavy (non-hydrogen) atoms. The van der Waals surface area contributed by atoms with Crippen LogP contribution in [-0.2, 0) is 4.79 Å². The molecule has 0 aromatic heterocycles. The molecule has 4 atom stereocenters. The Bertz CT molecular complexity index is 458. The predicted octanol–water partition coefficient (Wildman–Crippen LogP) is 3.86. The van der Waals surface area contributed by atoms with Gasteiger partial charge in [0.1, 0.15) is 6.04 Å². The molecule has 4 unspecified atom stereocenters. The Kier molecular flexibility index (Phi) is 5.40. The van der Waals surface area contributed by atoms with E-state index in [9.17, 15) is 9.90 Å². The van der Waals surface area contributed by atoms with Gasteiger partial charge in [-0.2, -0.15) is 0 Å². The maximum Gasteiger partial charge on any atom is 0.325 e. The molecular weight excluding hydrogens is 262 g/mol. The van der Waals surface area contributed by atoms with Crippen molar-refractivity contribution < 1.29 is 9.90 Å². The highest BCUT2D eigenvalue weighted by molar-refractivity contribution is 5.75. The third-order valence-corrected chi connectivity index (χ3v) is 4.78. The maximum atomic E-state index is 11.7. The monoisotopic (exact) mass is 289 g/mol. The molecule has 0 saturated heterocycles. The van der Waals surface area contributed by atoms with Gasteiger partial charge in [0.15, 0.2) is 0 Å². The van der Waals surface area contributed by atoms with Crippen molar-refractivity contribution in [2.75, 3.05) is 0 Å². The highest BCUT2D eigenvalue weighted by atomic mass is 16.4. The minimum absolute atomic E-state index is 0.287. The molecule has 3 heteroatoms. The number of benzene rings is 1. The Morgan fingerprint density at radius 3 is 2.48 bits per heavy atom. The average Bonchev–Trinajstić information content (AvgIpc) is 2.45. The minimum Gasteiger partial charge on any atom is -0.480 e. The summed E-state index contributed by atoms with van der Waals surface area (Å²) < 4.78 is 0. The molecule has 1 aliphatic rings. The van der Waals surface area contributed by atoms with Crippen molar-refractivity contribution in [1.29, 1.82) is 0 Å². The standard InChI is InChI=1S/C18H27NO2/c1-12(2)15-10-9-13(3)11-16(15)19-17(18(20)21)14-7-5-4-6-8-14/h4-8,12-13,15-17,19H,9-11H2,1-3H3,(H,20,21). The van der Waals surface area contributed by atoms with Crippen LogP contribution in [0.15, 0.2) is 30.3 Å². The zero-order valence-corrected chi connectivity index (χ0v) is 13.3. The zero-order chi connectivity index (χ0) is 15.4. The van der Waals surface area contributed by atoms with Crippen LogP contribution >= 0.6 is 0 Å².